The maximum atomic E-state index is 11.9. The normalized spacial score (nSPS) is 10.0. The predicted molar refractivity (Wildman–Crippen MR) is 85.1 cm³/mol. The molecule has 0 fully saturated rings. The molecule has 0 aromatic heterocycles. The van der Waals surface area contributed by atoms with Crippen LogP contribution >= 0.6 is 0 Å². The third-order valence-electron chi connectivity index (χ3n) is 2.94. The Kier molecular flexibility index (Phi) is 4.66. The SMILES string of the molecule is CCOc1cccc(Nc2cc(N)ccc2C(=O)NC)c1. The third-order valence-corrected chi connectivity index (χ3v) is 2.94. The Bertz CT molecular complexity index is 641. The van der Waals surface area contributed by atoms with E-state index in [9.17, 15) is 4.79 Å². The first-order valence-corrected chi connectivity index (χ1v) is 6.75. The van der Waals surface area contributed by atoms with Gasteiger partial charge in [-0.2, -0.15) is 0 Å². The first kappa shape index (κ1) is 14.7. The molecule has 0 atom stereocenters. The molecule has 2 aromatic rings. The topological polar surface area (TPSA) is 76.4 Å². The van der Waals surface area contributed by atoms with E-state index in [4.69, 9.17) is 10.5 Å². The molecule has 0 aliphatic heterocycles. The molecule has 0 saturated heterocycles. The van der Waals surface area contributed by atoms with Gasteiger partial charge in [-0.3, -0.25) is 4.79 Å². The van der Waals surface area contributed by atoms with E-state index in [0.29, 0.717) is 23.5 Å². The minimum Gasteiger partial charge on any atom is -0.494 e. The smallest absolute Gasteiger partial charge is 0.253 e. The Morgan fingerprint density at radius 1 is 1.24 bits per heavy atom. The number of ether oxygens (including phenoxy) is 1. The molecule has 0 bridgehead atoms. The number of carbonyl (C=O) groups excluding carboxylic acids is 1. The van der Waals surface area contributed by atoms with Crippen LogP contribution in [-0.4, -0.2) is 19.6 Å². The minimum atomic E-state index is -0.168. The fourth-order valence-corrected chi connectivity index (χ4v) is 1.98. The van der Waals surface area contributed by atoms with Gasteiger partial charge >= 0.3 is 0 Å². The molecular formula is C16H19N3O2. The summed E-state index contributed by atoms with van der Waals surface area (Å²) in [5.74, 6) is 0.603. The molecule has 0 aliphatic rings. The number of carbonyl (C=O) groups is 1. The number of nitrogen functional groups attached to an aromatic ring is 1. The molecule has 0 aliphatic carbocycles. The zero-order valence-electron chi connectivity index (χ0n) is 12.1. The molecule has 110 valence electrons. The fourth-order valence-electron chi connectivity index (χ4n) is 1.98. The van der Waals surface area contributed by atoms with Crippen LogP contribution in [0.1, 0.15) is 17.3 Å². The van der Waals surface area contributed by atoms with Crippen molar-refractivity contribution in [1.29, 1.82) is 0 Å². The molecule has 2 aromatic carbocycles. The highest BCUT2D eigenvalue weighted by molar-refractivity contribution is 6.00. The quantitative estimate of drug-likeness (QED) is 0.738. The van der Waals surface area contributed by atoms with E-state index in [2.05, 4.69) is 10.6 Å². The lowest BCUT2D eigenvalue weighted by Gasteiger charge is -2.13. The van der Waals surface area contributed by atoms with Gasteiger partial charge in [-0.15, -0.1) is 0 Å². The van der Waals surface area contributed by atoms with E-state index in [1.807, 2.05) is 31.2 Å². The van der Waals surface area contributed by atoms with Gasteiger partial charge in [-0.05, 0) is 37.3 Å². The van der Waals surface area contributed by atoms with Crippen molar-refractivity contribution in [1.82, 2.24) is 5.32 Å². The van der Waals surface area contributed by atoms with Crippen LogP contribution in [-0.2, 0) is 0 Å². The van der Waals surface area contributed by atoms with Crippen LogP contribution in [0.4, 0.5) is 17.1 Å². The lowest BCUT2D eigenvalue weighted by Crippen LogP contribution is -2.19. The number of hydrogen-bond acceptors (Lipinski definition) is 4. The number of nitrogens with one attached hydrogen (secondary N) is 2. The van der Waals surface area contributed by atoms with Gasteiger partial charge in [0.15, 0.2) is 0 Å². The summed E-state index contributed by atoms with van der Waals surface area (Å²) < 4.78 is 5.46. The first-order valence-electron chi connectivity index (χ1n) is 6.75. The number of benzene rings is 2. The van der Waals surface area contributed by atoms with Crippen molar-refractivity contribution in [3.05, 3.63) is 48.0 Å². The maximum Gasteiger partial charge on any atom is 0.253 e. The van der Waals surface area contributed by atoms with Crippen molar-refractivity contribution in [2.75, 3.05) is 24.7 Å². The average Bonchev–Trinajstić information content (AvgIpc) is 2.47. The highest BCUT2D eigenvalue weighted by Crippen LogP contribution is 2.26. The van der Waals surface area contributed by atoms with Gasteiger partial charge in [-0.25, -0.2) is 0 Å². The average molecular weight is 285 g/mol. The first-order chi connectivity index (χ1) is 10.1. The van der Waals surface area contributed by atoms with Gasteiger partial charge in [0.2, 0.25) is 0 Å². The molecule has 4 N–H and O–H groups in total. The van der Waals surface area contributed by atoms with Gasteiger partial charge in [0.1, 0.15) is 5.75 Å². The number of nitrogens with two attached hydrogens (primary N) is 1. The Hall–Kier alpha value is -2.69. The van der Waals surface area contributed by atoms with Crippen LogP contribution in [0.5, 0.6) is 5.75 Å². The van der Waals surface area contributed by atoms with Crippen LogP contribution in [0.15, 0.2) is 42.5 Å². The van der Waals surface area contributed by atoms with Crippen molar-refractivity contribution in [3.63, 3.8) is 0 Å². The summed E-state index contributed by atoms with van der Waals surface area (Å²) in [5, 5.41) is 5.82. The van der Waals surface area contributed by atoms with Crippen molar-refractivity contribution in [2.24, 2.45) is 0 Å². The summed E-state index contributed by atoms with van der Waals surface area (Å²) >= 11 is 0. The standard InChI is InChI=1S/C16H19N3O2/c1-3-21-13-6-4-5-12(10-13)19-15-9-11(17)7-8-14(15)16(20)18-2/h4-10,19H,3,17H2,1-2H3,(H,18,20). The van der Waals surface area contributed by atoms with Crippen LogP contribution in [0.3, 0.4) is 0 Å². The minimum absolute atomic E-state index is 0.168. The second kappa shape index (κ2) is 6.65. The van der Waals surface area contributed by atoms with E-state index in [1.54, 1.807) is 25.2 Å². The van der Waals surface area contributed by atoms with Crippen LogP contribution < -0.4 is 21.1 Å². The summed E-state index contributed by atoms with van der Waals surface area (Å²) in [6.45, 7) is 2.53. The molecule has 1 amide bonds. The summed E-state index contributed by atoms with van der Waals surface area (Å²) in [6.07, 6.45) is 0. The van der Waals surface area contributed by atoms with E-state index < -0.39 is 0 Å². The van der Waals surface area contributed by atoms with Crippen LogP contribution in [0.25, 0.3) is 0 Å². The molecule has 5 nitrogen and oxygen atoms in total. The summed E-state index contributed by atoms with van der Waals surface area (Å²) in [5.41, 5.74) is 8.41. The molecule has 2 rings (SSSR count). The summed E-state index contributed by atoms with van der Waals surface area (Å²) in [4.78, 5) is 11.9. The van der Waals surface area contributed by atoms with Gasteiger partial charge in [0.25, 0.3) is 5.91 Å². The number of rotatable bonds is 5. The molecule has 21 heavy (non-hydrogen) atoms. The molecule has 0 unspecified atom stereocenters. The monoisotopic (exact) mass is 285 g/mol. The zero-order valence-corrected chi connectivity index (χ0v) is 12.1. The summed E-state index contributed by atoms with van der Waals surface area (Å²) in [6, 6.07) is 12.7. The van der Waals surface area contributed by atoms with Gasteiger partial charge in [0, 0.05) is 24.5 Å². The van der Waals surface area contributed by atoms with Gasteiger partial charge in [0.05, 0.1) is 17.9 Å². The zero-order chi connectivity index (χ0) is 15.2. The third kappa shape index (κ3) is 3.66. The van der Waals surface area contributed by atoms with Crippen LogP contribution in [0, 0.1) is 0 Å². The Balaban J connectivity index is 2.32. The van der Waals surface area contributed by atoms with Crippen molar-refractivity contribution < 1.29 is 9.53 Å². The number of amides is 1. The Labute approximate surface area is 124 Å². The van der Waals surface area contributed by atoms with Crippen molar-refractivity contribution in [3.8, 4) is 5.75 Å². The van der Waals surface area contributed by atoms with E-state index in [0.717, 1.165) is 11.4 Å². The second-order valence-corrected chi connectivity index (χ2v) is 4.47. The lowest BCUT2D eigenvalue weighted by molar-refractivity contribution is 0.0964. The van der Waals surface area contributed by atoms with Gasteiger partial charge < -0.3 is 21.1 Å². The maximum absolute atomic E-state index is 11.9. The van der Waals surface area contributed by atoms with E-state index in [1.165, 1.54) is 0 Å². The molecule has 0 saturated carbocycles. The Morgan fingerprint density at radius 2 is 2.05 bits per heavy atom. The van der Waals surface area contributed by atoms with Crippen molar-refractivity contribution in [2.45, 2.75) is 6.92 Å². The molecule has 5 heteroatoms. The van der Waals surface area contributed by atoms with Crippen LogP contribution in [0.2, 0.25) is 0 Å². The molecular weight excluding hydrogens is 266 g/mol. The molecule has 0 heterocycles. The second-order valence-electron chi connectivity index (χ2n) is 4.47. The predicted octanol–water partition coefficient (Wildman–Crippen LogP) is 2.77. The highest BCUT2D eigenvalue weighted by atomic mass is 16.5. The van der Waals surface area contributed by atoms with E-state index in [-0.39, 0.29) is 5.91 Å². The fraction of sp³-hybridized carbons (Fsp3) is 0.188. The van der Waals surface area contributed by atoms with E-state index >= 15 is 0 Å². The molecule has 0 spiro atoms. The van der Waals surface area contributed by atoms with Gasteiger partial charge in [-0.1, -0.05) is 6.07 Å². The largest absolute Gasteiger partial charge is 0.494 e. The highest BCUT2D eigenvalue weighted by Gasteiger charge is 2.10. The molecule has 0 radical (unpaired) electrons. The Morgan fingerprint density at radius 3 is 2.76 bits per heavy atom. The van der Waals surface area contributed by atoms with Crippen molar-refractivity contribution >= 4 is 23.0 Å². The summed E-state index contributed by atoms with van der Waals surface area (Å²) in [7, 11) is 1.60. The number of anilines is 3. The number of hydrogen-bond donors (Lipinski definition) is 3. The lowest BCUT2D eigenvalue weighted by atomic mass is 10.1.